The highest BCUT2D eigenvalue weighted by Crippen LogP contribution is 2.39. The van der Waals surface area contributed by atoms with Gasteiger partial charge in [0.2, 0.25) is 10.0 Å². The lowest BCUT2D eigenvalue weighted by Crippen LogP contribution is -2.38. The van der Waals surface area contributed by atoms with Gasteiger partial charge in [0.1, 0.15) is 9.23 Å². The quantitative estimate of drug-likeness (QED) is 0.904. The second kappa shape index (κ2) is 4.61. The van der Waals surface area contributed by atoms with Crippen molar-refractivity contribution >= 4 is 44.6 Å². The van der Waals surface area contributed by atoms with Gasteiger partial charge in [-0.15, -0.1) is 11.3 Å². The van der Waals surface area contributed by atoms with Gasteiger partial charge in [0, 0.05) is 19.1 Å². The predicted octanol–water partition coefficient (Wildman–Crippen LogP) is 2.04. The minimum absolute atomic E-state index is 0.0599. The van der Waals surface area contributed by atoms with E-state index in [0.29, 0.717) is 16.8 Å². The van der Waals surface area contributed by atoms with Gasteiger partial charge < -0.3 is 5.32 Å². The van der Waals surface area contributed by atoms with E-state index in [1.165, 1.54) is 6.07 Å². The van der Waals surface area contributed by atoms with E-state index in [2.05, 4.69) is 5.32 Å². The fraction of sp³-hybridized carbons (Fsp3) is 0.600. The average Bonchev–Trinajstić information content (AvgIpc) is 2.91. The molecular weight excluding hydrogens is 315 g/mol. The van der Waals surface area contributed by atoms with Crippen molar-refractivity contribution in [2.24, 2.45) is 5.92 Å². The average molecular weight is 327 g/mol. The van der Waals surface area contributed by atoms with Crippen LogP contribution in [0.15, 0.2) is 11.0 Å². The van der Waals surface area contributed by atoms with Crippen LogP contribution in [0.2, 0.25) is 8.67 Å². The summed E-state index contributed by atoms with van der Waals surface area (Å²) in [5.41, 5.74) is 0. The molecule has 0 amide bonds. The van der Waals surface area contributed by atoms with Crippen LogP contribution in [-0.2, 0) is 10.0 Å². The van der Waals surface area contributed by atoms with E-state index in [1.54, 1.807) is 4.31 Å². The lowest BCUT2D eigenvalue weighted by Gasteiger charge is -2.22. The molecule has 2 saturated heterocycles. The molecule has 2 aliphatic rings. The summed E-state index contributed by atoms with van der Waals surface area (Å²) in [4.78, 5) is 0.145. The van der Waals surface area contributed by atoms with E-state index in [0.717, 1.165) is 30.8 Å². The molecule has 4 nitrogen and oxygen atoms in total. The number of fused-ring (bicyclic) bond motifs is 1. The van der Waals surface area contributed by atoms with Gasteiger partial charge in [0.05, 0.1) is 4.34 Å². The second-order valence-corrected chi connectivity index (χ2v) is 8.72. The van der Waals surface area contributed by atoms with Crippen molar-refractivity contribution in [1.82, 2.24) is 9.62 Å². The molecule has 3 heterocycles. The summed E-state index contributed by atoms with van der Waals surface area (Å²) in [7, 11) is -3.52. The molecule has 1 aromatic heterocycles. The second-order valence-electron chi connectivity index (χ2n) is 4.58. The Morgan fingerprint density at radius 2 is 2.17 bits per heavy atom. The van der Waals surface area contributed by atoms with E-state index in [-0.39, 0.29) is 15.3 Å². The maximum Gasteiger partial charge on any atom is 0.245 e. The smallest absolute Gasteiger partial charge is 0.245 e. The summed E-state index contributed by atoms with van der Waals surface area (Å²) >= 11 is 12.9. The van der Waals surface area contributed by atoms with E-state index in [1.807, 2.05) is 0 Å². The van der Waals surface area contributed by atoms with Crippen LogP contribution in [-0.4, -0.2) is 38.4 Å². The lowest BCUT2D eigenvalue weighted by atomic mass is 10.1. The molecule has 3 rings (SSSR count). The summed E-state index contributed by atoms with van der Waals surface area (Å²) < 4.78 is 27.4. The highest BCUT2D eigenvalue weighted by molar-refractivity contribution is 7.89. The molecule has 1 aromatic rings. The zero-order valence-corrected chi connectivity index (χ0v) is 12.5. The van der Waals surface area contributed by atoms with Crippen LogP contribution >= 0.6 is 34.5 Å². The highest BCUT2D eigenvalue weighted by atomic mass is 35.5. The van der Waals surface area contributed by atoms with Crippen LogP contribution in [0.4, 0.5) is 0 Å². The van der Waals surface area contributed by atoms with Gasteiger partial charge >= 0.3 is 0 Å². The number of hydrogen-bond donors (Lipinski definition) is 1. The number of thiophene rings is 1. The van der Waals surface area contributed by atoms with Gasteiger partial charge in [-0.1, -0.05) is 23.2 Å². The molecule has 0 aromatic carbocycles. The van der Waals surface area contributed by atoms with Crippen molar-refractivity contribution in [2.45, 2.75) is 17.4 Å². The maximum atomic E-state index is 12.6. The molecular formula is C10H12Cl2N2O2S2. The van der Waals surface area contributed by atoms with Gasteiger partial charge in [0.25, 0.3) is 0 Å². The van der Waals surface area contributed by atoms with Gasteiger partial charge in [-0.25, -0.2) is 8.42 Å². The number of rotatable bonds is 2. The van der Waals surface area contributed by atoms with Crippen LogP contribution in [0.1, 0.15) is 6.42 Å². The molecule has 0 radical (unpaired) electrons. The van der Waals surface area contributed by atoms with Crippen molar-refractivity contribution < 1.29 is 8.42 Å². The van der Waals surface area contributed by atoms with Crippen molar-refractivity contribution in [3.63, 3.8) is 0 Å². The first-order chi connectivity index (χ1) is 8.50. The summed E-state index contributed by atoms with van der Waals surface area (Å²) in [6, 6.07) is 1.50. The Labute approximate surface area is 120 Å². The zero-order chi connectivity index (χ0) is 12.9. The summed E-state index contributed by atoms with van der Waals surface area (Å²) in [6.45, 7) is 2.19. The van der Waals surface area contributed by atoms with E-state index < -0.39 is 10.0 Å². The maximum absolute atomic E-state index is 12.6. The molecule has 0 bridgehead atoms. The Hall–Kier alpha value is 0.150. The molecule has 8 heteroatoms. The largest absolute Gasteiger partial charge is 0.315 e. The molecule has 0 saturated carbocycles. The lowest BCUT2D eigenvalue weighted by molar-refractivity contribution is 0.383. The van der Waals surface area contributed by atoms with Crippen LogP contribution in [0.5, 0.6) is 0 Å². The Morgan fingerprint density at radius 3 is 2.83 bits per heavy atom. The Balaban J connectivity index is 1.98. The molecule has 0 unspecified atom stereocenters. The van der Waals surface area contributed by atoms with Gasteiger partial charge in [0.15, 0.2) is 0 Å². The number of halogens is 2. The SMILES string of the molecule is O=S(=O)(c1cc(Cl)sc1Cl)N1CC[C@@H]2CNC[C@@H]21. The zero-order valence-electron chi connectivity index (χ0n) is 9.40. The topological polar surface area (TPSA) is 49.4 Å². The fourth-order valence-electron chi connectivity index (χ4n) is 2.74. The summed E-state index contributed by atoms with van der Waals surface area (Å²) in [6.07, 6.45) is 0.909. The minimum atomic E-state index is -3.52. The van der Waals surface area contributed by atoms with E-state index in [9.17, 15) is 8.42 Å². The molecule has 100 valence electrons. The number of nitrogens with zero attached hydrogens (tertiary/aromatic N) is 1. The van der Waals surface area contributed by atoms with Gasteiger partial charge in [-0.05, 0) is 24.9 Å². The van der Waals surface area contributed by atoms with Crippen LogP contribution in [0, 0.1) is 5.92 Å². The number of nitrogens with one attached hydrogen (secondary N) is 1. The monoisotopic (exact) mass is 326 g/mol. The molecule has 1 N–H and O–H groups in total. The third kappa shape index (κ3) is 1.99. The summed E-state index contributed by atoms with van der Waals surface area (Å²) in [5.74, 6) is 0.424. The number of sulfonamides is 1. The van der Waals surface area contributed by atoms with Crippen molar-refractivity contribution in [1.29, 1.82) is 0 Å². The molecule has 0 aliphatic carbocycles. The first kappa shape index (κ1) is 13.1. The molecule has 2 aliphatic heterocycles. The van der Waals surface area contributed by atoms with Crippen molar-refractivity contribution in [3.8, 4) is 0 Å². The van der Waals surface area contributed by atoms with Crippen molar-refractivity contribution in [2.75, 3.05) is 19.6 Å². The van der Waals surface area contributed by atoms with Gasteiger partial charge in [-0.3, -0.25) is 0 Å². The first-order valence-electron chi connectivity index (χ1n) is 5.67. The van der Waals surface area contributed by atoms with Crippen LogP contribution in [0.3, 0.4) is 0 Å². The normalized spacial score (nSPS) is 28.8. The third-order valence-electron chi connectivity index (χ3n) is 3.61. The Morgan fingerprint density at radius 1 is 1.39 bits per heavy atom. The Bertz CT molecular complexity index is 572. The van der Waals surface area contributed by atoms with E-state index >= 15 is 0 Å². The van der Waals surface area contributed by atoms with E-state index in [4.69, 9.17) is 23.2 Å². The fourth-order valence-corrected chi connectivity index (χ4v) is 6.55. The van der Waals surface area contributed by atoms with Gasteiger partial charge in [-0.2, -0.15) is 4.31 Å². The molecule has 18 heavy (non-hydrogen) atoms. The Kier molecular flexibility index (Phi) is 3.37. The molecule has 2 fully saturated rings. The summed E-state index contributed by atoms with van der Waals surface area (Å²) in [5, 5.41) is 3.24. The highest BCUT2D eigenvalue weighted by Gasteiger charge is 2.44. The number of hydrogen-bond acceptors (Lipinski definition) is 4. The van der Waals surface area contributed by atoms with Crippen LogP contribution in [0.25, 0.3) is 0 Å². The minimum Gasteiger partial charge on any atom is -0.315 e. The first-order valence-corrected chi connectivity index (χ1v) is 8.69. The molecule has 0 spiro atoms. The third-order valence-corrected chi connectivity index (χ3v) is 7.28. The standard InChI is InChI=1S/C10H12Cl2N2O2S2/c11-9-3-8(10(12)17-9)18(15,16)14-2-1-6-4-13-5-7(6)14/h3,6-7,13H,1-2,4-5H2/t6-,7+/m1/s1. The van der Waals surface area contributed by atoms with Crippen LogP contribution < -0.4 is 5.32 Å². The predicted molar refractivity (Wildman–Crippen MR) is 73.0 cm³/mol. The van der Waals surface area contributed by atoms with Crippen molar-refractivity contribution in [3.05, 3.63) is 14.7 Å². The molecule has 2 atom stereocenters.